The lowest BCUT2D eigenvalue weighted by molar-refractivity contribution is -0.140. The van der Waals surface area contributed by atoms with Crippen molar-refractivity contribution in [2.75, 3.05) is 33.4 Å². The molecule has 0 radical (unpaired) electrons. The number of aliphatic carboxylic acids is 1. The fourth-order valence-corrected chi connectivity index (χ4v) is 2.63. The van der Waals surface area contributed by atoms with E-state index in [2.05, 4.69) is 16.3 Å². The molecule has 0 amide bonds. The van der Waals surface area contributed by atoms with Crippen LogP contribution in [0.1, 0.15) is 18.1 Å². The fraction of sp³-hybridized carbons (Fsp3) is 0.562. The molecule has 1 atom stereocenters. The monoisotopic (exact) mass is 308 g/mol. The van der Waals surface area contributed by atoms with E-state index in [1.807, 2.05) is 19.1 Å². The molecule has 1 aliphatic rings. The summed E-state index contributed by atoms with van der Waals surface area (Å²) in [5, 5.41) is 12.1. The predicted octanol–water partition coefficient (Wildman–Crippen LogP) is 1.09. The molecule has 1 unspecified atom stereocenters. The van der Waals surface area contributed by atoms with Crippen molar-refractivity contribution >= 4 is 5.97 Å². The van der Waals surface area contributed by atoms with Gasteiger partial charge in [-0.3, -0.25) is 9.69 Å². The number of carboxylic acid groups (broad SMARTS) is 1. The smallest absolute Gasteiger partial charge is 0.322 e. The average Bonchev–Trinajstić information content (AvgIpc) is 2.53. The molecular weight excluding hydrogens is 284 g/mol. The van der Waals surface area contributed by atoms with Crippen LogP contribution in [0.5, 0.6) is 5.75 Å². The van der Waals surface area contributed by atoms with E-state index in [9.17, 15) is 4.79 Å². The van der Waals surface area contributed by atoms with Crippen molar-refractivity contribution in [3.05, 3.63) is 29.3 Å². The molecule has 122 valence electrons. The Hall–Kier alpha value is -1.63. The minimum absolute atomic E-state index is 0.491. The summed E-state index contributed by atoms with van der Waals surface area (Å²) in [4.78, 5) is 13.2. The Kier molecular flexibility index (Phi) is 6.18. The molecule has 0 aliphatic carbocycles. The second kappa shape index (κ2) is 8.12. The molecule has 22 heavy (non-hydrogen) atoms. The van der Waals surface area contributed by atoms with Crippen LogP contribution >= 0.6 is 0 Å². The average molecular weight is 308 g/mol. The summed E-state index contributed by atoms with van der Waals surface area (Å²) < 4.78 is 10.8. The third kappa shape index (κ3) is 4.43. The van der Waals surface area contributed by atoms with Gasteiger partial charge in [0.25, 0.3) is 0 Å². The number of hydrogen-bond acceptors (Lipinski definition) is 5. The standard InChI is InChI=1S/C16H24N2O4/c1-3-22-11-13-8-12(4-5-15(13)21-2)9-18-7-6-17-14(10-18)16(19)20/h4-5,8,14,17H,3,6-7,9-11H2,1-2H3,(H,19,20). The molecule has 1 aromatic rings. The third-order valence-electron chi connectivity index (χ3n) is 3.77. The van der Waals surface area contributed by atoms with Crippen LogP contribution < -0.4 is 10.1 Å². The molecule has 0 spiro atoms. The van der Waals surface area contributed by atoms with Gasteiger partial charge in [0.2, 0.25) is 0 Å². The Labute approximate surface area is 131 Å². The first-order valence-electron chi connectivity index (χ1n) is 7.56. The lowest BCUT2D eigenvalue weighted by Gasteiger charge is -2.31. The number of nitrogens with one attached hydrogen (secondary N) is 1. The van der Waals surface area contributed by atoms with Gasteiger partial charge in [0.15, 0.2) is 0 Å². The number of ether oxygens (including phenoxy) is 2. The zero-order chi connectivity index (χ0) is 15.9. The molecule has 2 N–H and O–H groups in total. The number of carboxylic acids is 1. The van der Waals surface area contributed by atoms with E-state index in [1.165, 1.54) is 0 Å². The summed E-state index contributed by atoms with van der Waals surface area (Å²) in [7, 11) is 1.65. The van der Waals surface area contributed by atoms with Crippen LogP contribution in [-0.2, 0) is 22.7 Å². The maximum absolute atomic E-state index is 11.1. The lowest BCUT2D eigenvalue weighted by Crippen LogP contribution is -2.53. The minimum Gasteiger partial charge on any atom is -0.496 e. The van der Waals surface area contributed by atoms with Crippen LogP contribution in [0.25, 0.3) is 0 Å². The molecule has 1 aromatic carbocycles. The fourth-order valence-electron chi connectivity index (χ4n) is 2.63. The summed E-state index contributed by atoms with van der Waals surface area (Å²) in [5.74, 6) is 0.0254. The number of piperazine rings is 1. The van der Waals surface area contributed by atoms with Gasteiger partial charge in [-0.1, -0.05) is 6.07 Å². The highest BCUT2D eigenvalue weighted by molar-refractivity contribution is 5.73. The number of hydrogen-bond donors (Lipinski definition) is 2. The van der Waals surface area contributed by atoms with Gasteiger partial charge < -0.3 is 19.9 Å². The largest absolute Gasteiger partial charge is 0.496 e. The normalized spacial score (nSPS) is 19.1. The van der Waals surface area contributed by atoms with Crippen LogP contribution in [0.2, 0.25) is 0 Å². The Morgan fingerprint density at radius 3 is 3.00 bits per heavy atom. The van der Waals surface area contributed by atoms with Gasteiger partial charge >= 0.3 is 5.97 Å². The summed E-state index contributed by atoms with van der Waals surface area (Å²) in [6, 6.07) is 5.55. The van der Waals surface area contributed by atoms with Gasteiger partial charge in [0.05, 0.1) is 13.7 Å². The van der Waals surface area contributed by atoms with E-state index in [0.717, 1.165) is 30.0 Å². The van der Waals surface area contributed by atoms with E-state index in [0.29, 0.717) is 26.3 Å². The zero-order valence-corrected chi connectivity index (χ0v) is 13.2. The zero-order valence-electron chi connectivity index (χ0n) is 13.2. The highest BCUT2D eigenvalue weighted by Gasteiger charge is 2.24. The van der Waals surface area contributed by atoms with E-state index in [4.69, 9.17) is 14.6 Å². The lowest BCUT2D eigenvalue weighted by atomic mass is 10.1. The number of rotatable bonds is 7. The second-order valence-electron chi connectivity index (χ2n) is 5.36. The molecule has 6 heteroatoms. The molecule has 0 aromatic heterocycles. The molecule has 2 rings (SSSR count). The van der Waals surface area contributed by atoms with Crippen molar-refractivity contribution in [2.45, 2.75) is 26.1 Å². The maximum atomic E-state index is 11.1. The maximum Gasteiger partial charge on any atom is 0.322 e. The second-order valence-corrected chi connectivity index (χ2v) is 5.36. The molecule has 6 nitrogen and oxygen atoms in total. The number of nitrogens with zero attached hydrogens (tertiary/aromatic N) is 1. The van der Waals surface area contributed by atoms with Crippen molar-refractivity contribution in [3.8, 4) is 5.75 Å². The number of benzene rings is 1. The molecule has 1 fully saturated rings. The third-order valence-corrected chi connectivity index (χ3v) is 3.77. The van der Waals surface area contributed by atoms with Crippen LogP contribution in [-0.4, -0.2) is 55.4 Å². The van der Waals surface area contributed by atoms with E-state index >= 15 is 0 Å². The van der Waals surface area contributed by atoms with Gasteiger partial charge in [-0.2, -0.15) is 0 Å². The van der Waals surface area contributed by atoms with Gasteiger partial charge in [-0.05, 0) is 24.6 Å². The Bertz CT molecular complexity index is 507. The summed E-state index contributed by atoms with van der Waals surface area (Å²) >= 11 is 0. The molecule has 1 saturated heterocycles. The van der Waals surface area contributed by atoms with Crippen molar-refractivity contribution < 1.29 is 19.4 Å². The van der Waals surface area contributed by atoms with Gasteiger partial charge in [-0.15, -0.1) is 0 Å². The van der Waals surface area contributed by atoms with Crippen LogP contribution in [0, 0.1) is 0 Å². The van der Waals surface area contributed by atoms with Crippen molar-refractivity contribution in [2.24, 2.45) is 0 Å². The van der Waals surface area contributed by atoms with Gasteiger partial charge in [-0.25, -0.2) is 0 Å². The minimum atomic E-state index is -0.795. The molecular formula is C16H24N2O4. The quantitative estimate of drug-likeness (QED) is 0.786. The summed E-state index contributed by atoms with van der Waals surface area (Å²) in [5.41, 5.74) is 2.16. The Balaban J connectivity index is 2.04. The van der Waals surface area contributed by atoms with Crippen molar-refractivity contribution in [1.29, 1.82) is 0 Å². The summed E-state index contributed by atoms with van der Waals surface area (Å²) in [6.45, 7) is 5.92. The first-order valence-corrected chi connectivity index (χ1v) is 7.56. The van der Waals surface area contributed by atoms with Crippen LogP contribution in [0.4, 0.5) is 0 Å². The topological polar surface area (TPSA) is 71.0 Å². The molecule has 1 heterocycles. The summed E-state index contributed by atoms with van der Waals surface area (Å²) in [6.07, 6.45) is 0. The van der Waals surface area contributed by atoms with E-state index in [-0.39, 0.29) is 0 Å². The van der Waals surface area contributed by atoms with Crippen molar-refractivity contribution in [1.82, 2.24) is 10.2 Å². The Morgan fingerprint density at radius 2 is 2.32 bits per heavy atom. The number of methoxy groups -OCH3 is 1. The first-order chi connectivity index (χ1) is 10.6. The molecule has 0 saturated carbocycles. The molecule has 1 aliphatic heterocycles. The first kappa shape index (κ1) is 16.7. The molecule has 0 bridgehead atoms. The Morgan fingerprint density at radius 1 is 1.50 bits per heavy atom. The number of carbonyl (C=O) groups is 1. The van der Waals surface area contributed by atoms with E-state index in [1.54, 1.807) is 7.11 Å². The van der Waals surface area contributed by atoms with Crippen molar-refractivity contribution in [3.63, 3.8) is 0 Å². The van der Waals surface area contributed by atoms with Gasteiger partial charge in [0.1, 0.15) is 11.8 Å². The van der Waals surface area contributed by atoms with Gasteiger partial charge in [0, 0.05) is 38.3 Å². The van der Waals surface area contributed by atoms with Crippen LogP contribution in [0.3, 0.4) is 0 Å². The SMILES string of the molecule is CCOCc1cc(CN2CCNC(C(=O)O)C2)ccc1OC. The highest BCUT2D eigenvalue weighted by atomic mass is 16.5. The predicted molar refractivity (Wildman–Crippen MR) is 83.0 cm³/mol. The van der Waals surface area contributed by atoms with E-state index < -0.39 is 12.0 Å². The highest BCUT2D eigenvalue weighted by Crippen LogP contribution is 2.22. The van der Waals surface area contributed by atoms with Crippen LogP contribution in [0.15, 0.2) is 18.2 Å².